The van der Waals surface area contributed by atoms with Crippen LogP contribution in [0.25, 0.3) is 6.08 Å². The van der Waals surface area contributed by atoms with Crippen LogP contribution >= 0.6 is 0 Å². The number of hydrogen-bond acceptors (Lipinski definition) is 3. The number of hydrogen-bond donors (Lipinski definition) is 1. The maximum Gasteiger partial charge on any atom is 0.336 e. The van der Waals surface area contributed by atoms with Crippen LogP contribution in [-0.2, 0) is 4.79 Å². The Labute approximate surface area is 159 Å². The van der Waals surface area contributed by atoms with E-state index >= 15 is 0 Å². The summed E-state index contributed by atoms with van der Waals surface area (Å²) in [5.74, 6) is 0.622. The summed E-state index contributed by atoms with van der Waals surface area (Å²) < 4.78 is 5.24. The molecule has 3 aromatic carbocycles. The normalized spacial score (nSPS) is 12.0. The molecule has 0 aromatic heterocycles. The van der Waals surface area contributed by atoms with Gasteiger partial charge in [-0.25, -0.2) is 4.79 Å². The first kappa shape index (κ1) is 18.5. The van der Waals surface area contributed by atoms with Gasteiger partial charge in [-0.1, -0.05) is 61.5 Å². The van der Waals surface area contributed by atoms with Crippen LogP contribution in [0, 0.1) is 0 Å². The fourth-order valence-electron chi connectivity index (χ4n) is 3.05. The van der Waals surface area contributed by atoms with Crippen molar-refractivity contribution in [1.29, 1.82) is 0 Å². The number of phenols is 1. The Balaban J connectivity index is 1.68. The molecule has 1 unspecified atom stereocenters. The summed E-state index contributed by atoms with van der Waals surface area (Å²) in [5, 5.41) is 9.72. The van der Waals surface area contributed by atoms with E-state index in [-0.39, 0.29) is 11.7 Å². The number of ether oxygens (including phenoxy) is 1. The molecule has 0 saturated carbocycles. The first-order valence-corrected chi connectivity index (χ1v) is 8.99. The van der Waals surface area contributed by atoms with Crippen LogP contribution in [0.15, 0.2) is 84.9 Å². The highest BCUT2D eigenvalue weighted by atomic mass is 16.5. The van der Waals surface area contributed by atoms with Crippen LogP contribution in [0.5, 0.6) is 11.5 Å². The van der Waals surface area contributed by atoms with Gasteiger partial charge in [0.05, 0.1) is 0 Å². The van der Waals surface area contributed by atoms with Crippen molar-refractivity contribution < 1.29 is 14.6 Å². The Morgan fingerprint density at radius 2 is 1.70 bits per heavy atom. The van der Waals surface area contributed by atoms with Crippen molar-refractivity contribution in [1.82, 2.24) is 0 Å². The van der Waals surface area contributed by atoms with Crippen molar-refractivity contribution in [3.63, 3.8) is 0 Å². The molecule has 0 aliphatic carbocycles. The van der Waals surface area contributed by atoms with Crippen molar-refractivity contribution in [3.05, 3.63) is 102 Å². The lowest BCUT2D eigenvalue weighted by Crippen LogP contribution is -2.03. The Bertz CT molecular complexity index is 912. The smallest absolute Gasteiger partial charge is 0.336 e. The van der Waals surface area contributed by atoms with Gasteiger partial charge in [-0.15, -0.1) is 0 Å². The van der Waals surface area contributed by atoms with Crippen molar-refractivity contribution in [2.75, 3.05) is 0 Å². The number of para-hydroxylation sites is 1. The predicted molar refractivity (Wildman–Crippen MR) is 108 cm³/mol. The van der Waals surface area contributed by atoms with Gasteiger partial charge in [-0.2, -0.15) is 0 Å². The maximum absolute atomic E-state index is 11.9. The number of esters is 1. The molecule has 0 heterocycles. The zero-order valence-electron chi connectivity index (χ0n) is 15.2. The van der Waals surface area contributed by atoms with E-state index in [1.165, 1.54) is 11.6 Å². The van der Waals surface area contributed by atoms with Gasteiger partial charge in [0.2, 0.25) is 0 Å². The van der Waals surface area contributed by atoms with Gasteiger partial charge in [0.1, 0.15) is 11.5 Å². The highest BCUT2D eigenvalue weighted by molar-refractivity contribution is 5.88. The van der Waals surface area contributed by atoms with Gasteiger partial charge < -0.3 is 9.84 Å². The lowest BCUT2D eigenvalue weighted by atomic mass is 9.88. The van der Waals surface area contributed by atoms with Gasteiger partial charge in [0, 0.05) is 12.0 Å². The topological polar surface area (TPSA) is 46.5 Å². The number of rotatable bonds is 6. The van der Waals surface area contributed by atoms with Crippen molar-refractivity contribution >= 4 is 12.0 Å². The van der Waals surface area contributed by atoms with Crippen LogP contribution in [0.4, 0.5) is 0 Å². The molecule has 0 spiro atoms. The second-order valence-electron chi connectivity index (χ2n) is 6.29. The molecule has 0 radical (unpaired) electrons. The zero-order valence-corrected chi connectivity index (χ0v) is 15.2. The van der Waals surface area contributed by atoms with E-state index < -0.39 is 5.97 Å². The molecule has 0 aliphatic heterocycles. The summed E-state index contributed by atoms with van der Waals surface area (Å²) in [6.07, 6.45) is 4.10. The minimum atomic E-state index is -0.406. The summed E-state index contributed by atoms with van der Waals surface area (Å²) >= 11 is 0. The third-order valence-corrected chi connectivity index (χ3v) is 4.39. The van der Waals surface area contributed by atoms with Crippen LogP contribution in [-0.4, -0.2) is 11.1 Å². The molecule has 1 atom stereocenters. The van der Waals surface area contributed by atoms with Crippen LogP contribution < -0.4 is 4.74 Å². The summed E-state index contributed by atoms with van der Waals surface area (Å²) in [6.45, 7) is 2.13. The quantitative estimate of drug-likeness (QED) is 0.357. The molecule has 1 N–H and O–H groups in total. The van der Waals surface area contributed by atoms with E-state index in [4.69, 9.17) is 4.74 Å². The Morgan fingerprint density at radius 3 is 2.37 bits per heavy atom. The van der Waals surface area contributed by atoms with Crippen molar-refractivity contribution in [2.24, 2.45) is 0 Å². The highest BCUT2D eigenvalue weighted by Gasteiger charge is 2.12. The second kappa shape index (κ2) is 8.86. The van der Waals surface area contributed by atoms with Crippen LogP contribution in [0.1, 0.15) is 36.0 Å². The van der Waals surface area contributed by atoms with Gasteiger partial charge in [0.25, 0.3) is 0 Å². The summed E-state index contributed by atoms with van der Waals surface area (Å²) in [4.78, 5) is 11.9. The molecule has 0 amide bonds. The van der Waals surface area contributed by atoms with E-state index in [2.05, 4.69) is 19.1 Å². The van der Waals surface area contributed by atoms with Gasteiger partial charge >= 0.3 is 5.97 Å². The zero-order chi connectivity index (χ0) is 19.1. The Hall–Kier alpha value is -3.33. The summed E-state index contributed by atoms with van der Waals surface area (Å²) in [7, 11) is 0. The van der Waals surface area contributed by atoms with E-state index in [0.717, 1.165) is 17.5 Å². The molecular weight excluding hydrogens is 336 g/mol. The van der Waals surface area contributed by atoms with Crippen molar-refractivity contribution in [3.8, 4) is 11.5 Å². The molecule has 0 saturated heterocycles. The SMILES string of the molecule is CCC(c1ccc(C=CC(=O)Oc2ccccc2)cc1)c1cccc(O)c1. The summed E-state index contributed by atoms with van der Waals surface area (Å²) in [5.41, 5.74) is 3.19. The Morgan fingerprint density at radius 1 is 0.963 bits per heavy atom. The third-order valence-electron chi connectivity index (χ3n) is 4.39. The highest BCUT2D eigenvalue weighted by Crippen LogP contribution is 2.30. The molecule has 27 heavy (non-hydrogen) atoms. The van der Waals surface area contributed by atoms with Crippen molar-refractivity contribution in [2.45, 2.75) is 19.3 Å². The first-order valence-electron chi connectivity index (χ1n) is 8.99. The monoisotopic (exact) mass is 358 g/mol. The minimum absolute atomic E-state index is 0.221. The average Bonchev–Trinajstić information content (AvgIpc) is 2.69. The van der Waals surface area contributed by atoms with E-state index in [1.807, 2.05) is 48.5 Å². The molecule has 3 aromatic rings. The molecule has 0 aliphatic rings. The van der Waals surface area contributed by atoms with E-state index in [9.17, 15) is 9.90 Å². The maximum atomic E-state index is 11.9. The molecular formula is C24H22O3. The standard InChI is InChI=1S/C24H22O3/c1-2-23(20-7-6-8-21(25)17-20)19-14-11-18(12-15-19)13-16-24(26)27-22-9-4-3-5-10-22/h3-17,23,25H,2H2,1H3. The first-order chi connectivity index (χ1) is 13.2. The fourth-order valence-corrected chi connectivity index (χ4v) is 3.05. The van der Waals surface area contributed by atoms with Crippen LogP contribution in [0.2, 0.25) is 0 Å². The van der Waals surface area contributed by atoms with Gasteiger partial charge in [-0.3, -0.25) is 0 Å². The summed E-state index contributed by atoms with van der Waals surface area (Å²) in [6, 6.07) is 24.4. The number of phenolic OH excluding ortho intramolecular Hbond substituents is 1. The lowest BCUT2D eigenvalue weighted by Gasteiger charge is -2.16. The molecule has 0 bridgehead atoms. The molecule has 3 heteroatoms. The minimum Gasteiger partial charge on any atom is -0.508 e. The molecule has 3 nitrogen and oxygen atoms in total. The molecule has 3 rings (SSSR count). The van der Waals surface area contributed by atoms with E-state index in [0.29, 0.717) is 5.75 Å². The van der Waals surface area contributed by atoms with E-state index in [1.54, 1.807) is 24.3 Å². The lowest BCUT2D eigenvalue weighted by molar-refractivity contribution is -0.128. The average molecular weight is 358 g/mol. The van der Waals surface area contributed by atoms with Gasteiger partial charge in [0.15, 0.2) is 0 Å². The second-order valence-corrected chi connectivity index (χ2v) is 6.29. The van der Waals surface area contributed by atoms with Gasteiger partial charge in [-0.05, 0) is 53.5 Å². The molecule has 0 fully saturated rings. The van der Waals surface area contributed by atoms with Crippen LogP contribution in [0.3, 0.4) is 0 Å². The number of carbonyl (C=O) groups excluding carboxylic acids is 1. The fraction of sp³-hybridized carbons (Fsp3) is 0.125. The Kier molecular flexibility index (Phi) is 6.06. The largest absolute Gasteiger partial charge is 0.508 e. The number of aromatic hydroxyl groups is 1. The molecule has 136 valence electrons. The number of carbonyl (C=O) groups is 1. The number of benzene rings is 3. The predicted octanol–water partition coefficient (Wildman–Crippen LogP) is 5.55. The third kappa shape index (κ3) is 5.08.